The second kappa shape index (κ2) is 7.45. The quantitative estimate of drug-likeness (QED) is 0.691. The number of carboxylic acid groups (broad SMARTS) is 1. The minimum atomic E-state index is -1.01. The Hall–Kier alpha value is -3.42. The van der Waals surface area contributed by atoms with Crippen LogP contribution in [0.4, 0.5) is 0 Å². The lowest BCUT2D eigenvalue weighted by Gasteiger charge is -2.18. The SMILES string of the molecule is COc1cccc(C(CC(=O)O)NC(=O)c2cnc3c(c2)c(C)nn3C)c1. The van der Waals surface area contributed by atoms with Gasteiger partial charge in [0, 0.05) is 18.6 Å². The van der Waals surface area contributed by atoms with Crippen LogP contribution in [0.5, 0.6) is 5.75 Å². The topological polar surface area (TPSA) is 106 Å². The summed E-state index contributed by atoms with van der Waals surface area (Å²) in [4.78, 5) is 28.3. The van der Waals surface area contributed by atoms with Crippen LogP contribution in [0.3, 0.4) is 0 Å². The number of benzene rings is 1. The van der Waals surface area contributed by atoms with E-state index in [-0.39, 0.29) is 6.42 Å². The summed E-state index contributed by atoms with van der Waals surface area (Å²) in [5.74, 6) is -0.826. The number of rotatable bonds is 6. The molecule has 0 fully saturated rings. The molecule has 0 aliphatic heterocycles. The van der Waals surface area contributed by atoms with Crippen molar-refractivity contribution in [2.45, 2.75) is 19.4 Å². The monoisotopic (exact) mass is 368 g/mol. The Morgan fingerprint density at radius 1 is 1.33 bits per heavy atom. The van der Waals surface area contributed by atoms with Crippen molar-refractivity contribution in [3.63, 3.8) is 0 Å². The maximum absolute atomic E-state index is 12.7. The fourth-order valence-corrected chi connectivity index (χ4v) is 2.96. The van der Waals surface area contributed by atoms with Crippen molar-refractivity contribution >= 4 is 22.9 Å². The van der Waals surface area contributed by atoms with Gasteiger partial charge in [0.15, 0.2) is 5.65 Å². The number of carbonyl (C=O) groups is 2. The number of pyridine rings is 1. The van der Waals surface area contributed by atoms with Crippen LogP contribution in [0.15, 0.2) is 36.5 Å². The highest BCUT2D eigenvalue weighted by molar-refractivity contribution is 5.97. The summed E-state index contributed by atoms with van der Waals surface area (Å²) in [6.07, 6.45) is 1.21. The summed E-state index contributed by atoms with van der Waals surface area (Å²) in [6, 6.07) is 7.98. The van der Waals surface area contributed by atoms with Gasteiger partial charge in [0.1, 0.15) is 5.75 Å². The van der Waals surface area contributed by atoms with Gasteiger partial charge in [-0.25, -0.2) is 4.98 Å². The molecule has 0 spiro atoms. The molecule has 2 heterocycles. The fraction of sp³-hybridized carbons (Fsp3) is 0.263. The molecule has 1 amide bonds. The number of aromatic nitrogens is 3. The lowest BCUT2D eigenvalue weighted by Crippen LogP contribution is -2.30. The van der Waals surface area contributed by atoms with Gasteiger partial charge in [-0.15, -0.1) is 0 Å². The number of carbonyl (C=O) groups excluding carboxylic acids is 1. The number of methoxy groups -OCH3 is 1. The molecule has 0 saturated heterocycles. The van der Waals surface area contributed by atoms with Crippen LogP contribution in [0.1, 0.15) is 34.1 Å². The van der Waals surface area contributed by atoms with Crippen LogP contribution in [0, 0.1) is 6.92 Å². The molecule has 8 nitrogen and oxygen atoms in total. The van der Waals surface area contributed by atoms with E-state index in [9.17, 15) is 14.7 Å². The Bertz CT molecular complexity index is 1010. The molecule has 1 aromatic carbocycles. The van der Waals surface area contributed by atoms with E-state index in [0.29, 0.717) is 22.5 Å². The number of hydrogen-bond donors (Lipinski definition) is 2. The van der Waals surface area contributed by atoms with Crippen LogP contribution in [0.25, 0.3) is 11.0 Å². The van der Waals surface area contributed by atoms with Crippen LogP contribution < -0.4 is 10.1 Å². The Balaban J connectivity index is 1.89. The van der Waals surface area contributed by atoms with Crippen LogP contribution in [-0.4, -0.2) is 38.9 Å². The number of carboxylic acids is 1. The van der Waals surface area contributed by atoms with Gasteiger partial charge in [-0.3, -0.25) is 14.3 Å². The van der Waals surface area contributed by atoms with E-state index in [0.717, 1.165) is 11.1 Å². The molecule has 1 unspecified atom stereocenters. The fourth-order valence-electron chi connectivity index (χ4n) is 2.96. The zero-order valence-corrected chi connectivity index (χ0v) is 15.3. The summed E-state index contributed by atoms with van der Waals surface area (Å²) < 4.78 is 6.83. The van der Waals surface area contributed by atoms with Gasteiger partial charge in [0.2, 0.25) is 0 Å². The summed E-state index contributed by atoms with van der Waals surface area (Å²) in [7, 11) is 3.31. The molecule has 3 rings (SSSR count). The normalized spacial score (nSPS) is 12.0. The standard InChI is InChI=1S/C19H20N4O4/c1-11-15-8-13(10-20-18(15)23(2)22-11)19(26)21-16(9-17(24)25)12-5-4-6-14(7-12)27-3/h4-8,10,16H,9H2,1-3H3,(H,21,26)(H,24,25). The first-order valence-electron chi connectivity index (χ1n) is 8.35. The van der Waals surface area contributed by atoms with Gasteiger partial charge < -0.3 is 15.2 Å². The van der Waals surface area contributed by atoms with E-state index in [1.807, 2.05) is 6.92 Å². The van der Waals surface area contributed by atoms with Crippen molar-refractivity contribution in [3.05, 3.63) is 53.3 Å². The number of ether oxygens (including phenoxy) is 1. The number of aryl methyl sites for hydroxylation is 2. The van der Waals surface area contributed by atoms with Crippen molar-refractivity contribution in [3.8, 4) is 5.75 Å². The molecule has 0 radical (unpaired) electrons. The van der Waals surface area contributed by atoms with E-state index in [1.54, 1.807) is 42.1 Å². The highest BCUT2D eigenvalue weighted by Crippen LogP contribution is 2.23. The van der Waals surface area contributed by atoms with E-state index in [1.165, 1.54) is 13.3 Å². The molecule has 3 aromatic rings. The molecule has 1 atom stereocenters. The molecule has 140 valence electrons. The summed E-state index contributed by atoms with van der Waals surface area (Å²) in [5.41, 5.74) is 2.44. The Morgan fingerprint density at radius 3 is 2.81 bits per heavy atom. The first-order chi connectivity index (χ1) is 12.9. The van der Waals surface area contributed by atoms with Crippen molar-refractivity contribution < 1.29 is 19.4 Å². The lowest BCUT2D eigenvalue weighted by atomic mass is 10.0. The number of fused-ring (bicyclic) bond motifs is 1. The first kappa shape index (κ1) is 18.4. The molecule has 0 saturated carbocycles. The van der Waals surface area contributed by atoms with E-state index >= 15 is 0 Å². The average Bonchev–Trinajstić information content (AvgIpc) is 2.94. The molecule has 2 aromatic heterocycles. The zero-order chi connectivity index (χ0) is 19.6. The van der Waals surface area contributed by atoms with Crippen LogP contribution in [-0.2, 0) is 11.8 Å². The summed E-state index contributed by atoms with van der Waals surface area (Å²) in [6.45, 7) is 1.84. The molecule has 8 heteroatoms. The van der Waals surface area contributed by atoms with Crippen molar-refractivity contribution in [1.29, 1.82) is 0 Å². The number of aliphatic carboxylic acids is 1. The number of nitrogens with one attached hydrogen (secondary N) is 1. The Labute approximate surface area is 155 Å². The Kier molecular flexibility index (Phi) is 5.07. The number of nitrogens with zero attached hydrogens (tertiary/aromatic N) is 3. The molecule has 0 bridgehead atoms. The van der Waals surface area contributed by atoms with Gasteiger partial charge in [-0.1, -0.05) is 12.1 Å². The predicted octanol–water partition coefficient (Wildman–Crippen LogP) is 2.23. The maximum Gasteiger partial charge on any atom is 0.305 e. The number of amides is 1. The zero-order valence-electron chi connectivity index (χ0n) is 15.3. The third-order valence-electron chi connectivity index (χ3n) is 4.31. The van der Waals surface area contributed by atoms with Gasteiger partial charge >= 0.3 is 5.97 Å². The highest BCUT2D eigenvalue weighted by Gasteiger charge is 2.20. The van der Waals surface area contributed by atoms with Gasteiger partial charge in [0.25, 0.3) is 5.91 Å². The predicted molar refractivity (Wildman–Crippen MR) is 98.7 cm³/mol. The van der Waals surface area contributed by atoms with Gasteiger partial charge in [0.05, 0.1) is 30.8 Å². The summed E-state index contributed by atoms with van der Waals surface area (Å²) >= 11 is 0. The van der Waals surface area contributed by atoms with E-state index in [2.05, 4.69) is 15.4 Å². The van der Waals surface area contributed by atoms with Crippen LogP contribution >= 0.6 is 0 Å². The molecule has 0 aliphatic carbocycles. The lowest BCUT2D eigenvalue weighted by molar-refractivity contribution is -0.137. The second-order valence-electron chi connectivity index (χ2n) is 6.20. The molecule has 2 N–H and O–H groups in total. The second-order valence-corrected chi connectivity index (χ2v) is 6.20. The maximum atomic E-state index is 12.7. The highest BCUT2D eigenvalue weighted by atomic mass is 16.5. The molecule has 27 heavy (non-hydrogen) atoms. The molecular formula is C19H20N4O4. The molecular weight excluding hydrogens is 348 g/mol. The largest absolute Gasteiger partial charge is 0.497 e. The van der Waals surface area contributed by atoms with E-state index < -0.39 is 17.9 Å². The minimum absolute atomic E-state index is 0.250. The van der Waals surface area contributed by atoms with Crippen molar-refractivity contribution in [2.24, 2.45) is 7.05 Å². The average molecular weight is 368 g/mol. The number of hydrogen-bond acceptors (Lipinski definition) is 5. The first-order valence-corrected chi connectivity index (χ1v) is 8.35. The van der Waals surface area contributed by atoms with Gasteiger partial charge in [-0.2, -0.15) is 5.10 Å². The summed E-state index contributed by atoms with van der Waals surface area (Å²) in [5, 5.41) is 17.1. The Morgan fingerprint density at radius 2 is 2.11 bits per heavy atom. The van der Waals surface area contributed by atoms with E-state index in [4.69, 9.17) is 4.74 Å². The third-order valence-corrected chi connectivity index (χ3v) is 4.31. The molecule has 0 aliphatic rings. The van der Waals surface area contributed by atoms with Gasteiger partial charge in [-0.05, 0) is 30.7 Å². The van der Waals surface area contributed by atoms with Crippen molar-refractivity contribution in [2.75, 3.05) is 7.11 Å². The minimum Gasteiger partial charge on any atom is -0.497 e. The smallest absolute Gasteiger partial charge is 0.305 e. The van der Waals surface area contributed by atoms with Crippen molar-refractivity contribution in [1.82, 2.24) is 20.1 Å². The van der Waals surface area contributed by atoms with Crippen LogP contribution in [0.2, 0.25) is 0 Å². The third kappa shape index (κ3) is 3.89.